The highest BCUT2D eigenvalue weighted by Gasteiger charge is 2.30. The fraction of sp³-hybridized carbons (Fsp3) is 1.00. The Morgan fingerprint density at radius 1 is 0.867 bits per heavy atom. The molecule has 0 radical (unpaired) electrons. The van der Waals surface area contributed by atoms with E-state index in [0.717, 1.165) is 0 Å². The summed E-state index contributed by atoms with van der Waals surface area (Å²) in [4.78, 5) is 0. The zero-order chi connectivity index (χ0) is 11.0. The van der Waals surface area contributed by atoms with Crippen LogP contribution in [0.3, 0.4) is 0 Å². The third kappa shape index (κ3) is 5.55. The smallest absolute Gasteiger partial charge is 0.00176 e. The Morgan fingerprint density at radius 2 is 1.40 bits per heavy atom. The van der Waals surface area contributed by atoms with Crippen molar-refractivity contribution in [2.45, 2.75) is 71.6 Å². The first kappa shape index (κ1) is 13.0. The number of nitrogens with one attached hydrogen (secondary N) is 1. The minimum atomic E-state index is 0.655. The van der Waals surface area contributed by atoms with Crippen molar-refractivity contribution in [2.24, 2.45) is 5.41 Å². The van der Waals surface area contributed by atoms with Crippen LogP contribution >= 0.6 is 0 Å². The molecular weight excluding hydrogens is 182 g/mol. The highest BCUT2D eigenvalue weighted by Crippen LogP contribution is 2.28. The number of hydrogen-bond donors (Lipinski definition) is 1. The third-order valence-corrected chi connectivity index (χ3v) is 3.74. The van der Waals surface area contributed by atoms with E-state index in [4.69, 9.17) is 0 Å². The van der Waals surface area contributed by atoms with Gasteiger partial charge < -0.3 is 5.32 Å². The molecule has 0 amide bonds. The number of hydrogen-bond acceptors (Lipinski definition) is 1. The molecule has 1 nitrogen and oxygen atoms in total. The maximum Gasteiger partial charge on any atom is 0.00176 e. The molecule has 0 aromatic heterocycles. The summed E-state index contributed by atoms with van der Waals surface area (Å²) >= 11 is 0. The van der Waals surface area contributed by atoms with Crippen LogP contribution in [0.15, 0.2) is 0 Å². The molecule has 1 heterocycles. The maximum atomic E-state index is 3.38. The van der Waals surface area contributed by atoms with Crippen LogP contribution in [-0.4, -0.2) is 13.1 Å². The largest absolute Gasteiger partial charge is 0.316 e. The van der Waals surface area contributed by atoms with Gasteiger partial charge in [-0.05, 0) is 11.8 Å². The van der Waals surface area contributed by atoms with Crippen LogP contribution in [0.5, 0.6) is 0 Å². The van der Waals surface area contributed by atoms with Crippen LogP contribution in [0, 0.1) is 5.41 Å². The Morgan fingerprint density at radius 3 is 1.87 bits per heavy atom. The lowest BCUT2D eigenvalue weighted by atomic mass is 9.79. The van der Waals surface area contributed by atoms with Crippen molar-refractivity contribution in [3.63, 3.8) is 0 Å². The first-order valence-corrected chi connectivity index (χ1v) is 6.97. The standard InChI is InChI=1S/C14H29N/c1-3-4-5-6-7-8-9-10-11-14(2)12-15-13-14/h15H,3-13H2,1-2H3. The van der Waals surface area contributed by atoms with Gasteiger partial charge in [-0.2, -0.15) is 0 Å². The van der Waals surface area contributed by atoms with Crippen molar-refractivity contribution in [3.8, 4) is 0 Å². The van der Waals surface area contributed by atoms with Gasteiger partial charge in [0, 0.05) is 13.1 Å². The number of rotatable bonds is 9. The maximum absolute atomic E-state index is 3.38. The van der Waals surface area contributed by atoms with E-state index in [2.05, 4.69) is 19.2 Å². The van der Waals surface area contributed by atoms with Crippen molar-refractivity contribution >= 4 is 0 Å². The monoisotopic (exact) mass is 211 g/mol. The second-order valence-corrected chi connectivity index (χ2v) is 5.64. The SMILES string of the molecule is CCCCCCCCCCC1(C)CNC1. The molecule has 0 aliphatic carbocycles. The predicted octanol–water partition coefficient (Wildman–Crippen LogP) is 4.13. The minimum absolute atomic E-state index is 0.655. The van der Waals surface area contributed by atoms with Gasteiger partial charge in [0.15, 0.2) is 0 Å². The van der Waals surface area contributed by atoms with Crippen molar-refractivity contribution in [2.75, 3.05) is 13.1 Å². The quantitative estimate of drug-likeness (QED) is 0.566. The molecule has 0 spiro atoms. The van der Waals surface area contributed by atoms with Gasteiger partial charge in [0.05, 0.1) is 0 Å². The third-order valence-electron chi connectivity index (χ3n) is 3.74. The lowest BCUT2D eigenvalue weighted by molar-refractivity contribution is 0.174. The van der Waals surface area contributed by atoms with E-state index < -0.39 is 0 Å². The molecule has 90 valence electrons. The molecular formula is C14H29N. The van der Waals surface area contributed by atoms with Crippen molar-refractivity contribution in [3.05, 3.63) is 0 Å². The van der Waals surface area contributed by atoms with E-state index >= 15 is 0 Å². The van der Waals surface area contributed by atoms with Crippen LogP contribution in [0.25, 0.3) is 0 Å². The van der Waals surface area contributed by atoms with E-state index in [1.165, 1.54) is 70.9 Å². The van der Waals surface area contributed by atoms with Crippen LogP contribution in [0.4, 0.5) is 0 Å². The fourth-order valence-electron chi connectivity index (χ4n) is 2.41. The highest BCUT2D eigenvalue weighted by molar-refractivity contribution is 4.87. The molecule has 1 N–H and O–H groups in total. The zero-order valence-electron chi connectivity index (χ0n) is 10.8. The van der Waals surface area contributed by atoms with Gasteiger partial charge in [-0.15, -0.1) is 0 Å². The zero-order valence-corrected chi connectivity index (χ0v) is 10.8. The van der Waals surface area contributed by atoms with Gasteiger partial charge in [-0.1, -0.05) is 65.2 Å². The second-order valence-electron chi connectivity index (χ2n) is 5.64. The van der Waals surface area contributed by atoms with Gasteiger partial charge >= 0.3 is 0 Å². The van der Waals surface area contributed by atoms with E-state index in [-0.39, 0.29) is 0 Å². The molecule has 1 fully saturated rings. The second kappa shape index (κ2) is 7.27. The molecule has 1 rings (SSSR count). The van der Waals surface area contributed by atoms with Crippen LogP contribution in [0.1, 0.15) is 71.6 Å². The van der Waals surface area contributed by atoms with E-state index in [1.54, 1.807) is 0 Å². The van der Waals surface area contributed by atoms with Gasteiger partial charge in [0.1, 0.15) is 0 Å². The highest BCUT2D eigenvalue weighted by atomic mass is 15.0. The van der Waals surface area contributed by atoms with E-state index in [1.807, 2.05) is 0 Å². The first-order valence-electron chi connectivity index (χ1n) is 6.97. The summed E-state index contributed by atoms with van der Waals surface area (Å²) in [5, 5.41) is 3.38. The average Bonchev–Trinajstić information content (AvgIpc) is 2.19. The summed E-state index contributed by atoms with van der Waals surface area (Å²) in [6.07, 6.45) is 13.0. The van der Waals surface area contributed by atoms with Crippen molar-refractivity contribution in [1.29, 1.82) is 0 Å². The van der Waals surface area contributed by atoms with Crippen LogP contribution in [0.2, 0.25) is 0 Å². The van der Waals surface area contributed by atoms with Crippen LogP contribution in [-0.2, 0) is 0 Å². The Balaban J connectivity index is 1.77. The van der Waals surface area contributed by atoms with Gasteiger partial charge in [-0.25, -0.2) is 0 Å². The molecule has 0 atom stereocenters. The average molecular weight is 211 g/mol. The fourth-order valence-corrected chi connectivity index (χ4v) is 2.41. The normalized spacial score (nSPS) is 18.8. The Hall–Kier alpha value is -0.0400. The molecule has 1 heteroatoms. The molecule has 1 aliphatic heterocycles. The predicted molar refractivity (Wildman–Crippen MR) is 68.2 cm³/mol. The molecule has 0 saturated carbocycles. The van der Waals surface area contributed by atoms with E-state index in [0.29, 0.717) is 5.41 Å². The summed E-state index contributed by atoms with van der Waals surface area (Å²) in [7, 11) is 0. The summed E-state index contributed by atoms with van der Waals surface area (Å²) in [6, 6.07) is 0. The summed E-state index contributed by atoms with van der Waals surface area (Å²) in [5.41, 5.74) is 0.655. The Bertz CT molecular complexity index is 149. The lowest BCUT2D eigenvalue weighted by Crippen LogP contribution is -2.51. The Labute approximate surface area is 96.0 Å². The van der Waals surface area contributed by atoms with Gasteiger partial charge in [-0.3, -0.25) is 0 Å². The lowest BCUT2D eigenvalue weighted by Gasteiger charge is -2.39. The summed E-state index contributed by atoms with van der Waals surface area (Å²) in [6.45, 7) is 7.21. The van der Waals surface area contributed by atoms with Crippen molar-refractivity contribution in [1.82, 2.24) is 5.32 Å². The Kier molecular flexibility index (Phi) is 6.31. The molecule has 15 heavy (non-hydrogen) atoms. The molecule has 0 unspecified atom stereocenters. The van der Waals surface area contributed by atoms with Gasteiger partial charge in [0.25, 0.3) is 0 Å². The molecule has 1 aliphatic rings. The summed E-state index contributed by atoms with van der Waals surface area (Å²) in [5.74, 6) is 0. The molecule has 0 aromatic carbocycles. The van der Waals surface area contributed by atoms with E-state index in [9.17, 15) is 0 Å². The summed E-state index contributed by atoms with van der Waals surface area (Å²) < 4.78 is 0. The molecule has 0 bridgehead atoms. The topological polar surface area (TPSA) is 12.0 Å². The minimum Gasteiger partial charge on any atom is -0.316 e. The first-order chi connectivity index (χ1) is 7.27. The van der Waals surface area contributed by atoms with Gasteiger partial charge in [0.2, 0.25) is 0 Å². The molecule has 0 aromatic rings. The van der Waals surface area contributed by atoms with Crippen LogP contribution < -0.4 is 5.32 Å². The van der Waals surface area contributed by atoms with Crippen molar-refractivity contribution < 1.29 is 0 Å². The number of unbranched alkanes of at least 4 members (excludes halogenated alkanes) is 7. The molecule has 1 saturated heterocycles.